The Balaban J connectivity index is 1.90. The number of hydrogen-bond acceptors (Lipinski definition) is 3. The molecule has 0 aromatic heterocycles. The fourth-order valence-electron chi connectivity index (χ4n) is 4.51. The minimum atomic E-state index is -1.27. The summed E-state index contributed by atoms with van der Waals surface area (Å²) in [4.78, 5) is 38.3. The lowest BCUT2D eigenvalue weighted by Gasteiger charge is -2.42. The van der Waals surface area contributed by atoms with Gasteiger partial charge in [-0.2, -0.15) is 0 Å². The van der Waals surface area contributed by atoms with Crippen LogP contribution in [0.4, 0.5) is 0 Å². The van der Waals surface area contributed by atoms with Crippen molar-refractivity contribution in [3.05, 3.63) is 0 Å². The van der Waals surface area contributed by atoms with Gasteiger partial charge in [0, 0.05) is 0 Å². The maximum absolute atomic E-state index is 12.6. The van der Waals surface area contributed by atoms with E-state index in [-0.39, 0.29) is 23.7 Å². The standard InChI is InChI=1S/C16H23NO4/c1-2-10-6-8-16(9-7-10,15(20)21)17-13(18)11-4-3-5-12(11)14(17)19/h10-12H,2-9H2,1H3,(H,20,21). The second-order valence-corrected chi connectivity index (χ2v) is 6.84. The third kappa shape index (κ3) is 2.00. The molecular weight excluding hydrogens is 270 g/mol. The molecule has 0 aromatic carbocycles. The van der Waals surface area contributed by atoms with E-state index in [1.807, 2.05) is 0 Å². The van der Waals surface area contributed by atoms with E-state index in [0.29, 0.717) is 18.8 Å². The van der Waals surface area contributed by atoms with Crippen LogP contribution in [0.2, 0.25) is 0 Å². The Morgan fingerprint density at radius 3 is 2.10 bits per heavy atom. The number of carboxylic acid groups (broad SMARTS) is 1. The molecule has 116 valence electrons. The Bertz CT molecular complexity index is 457. The van der Waals surface area contributed by atoms with Crippen LogP contribution in [0, 0.1) is 17.8 Å². The Labute approximate surface area is 124 Å². The van der Waals surface area contributed by atoms with Crippen molar-refractivity contribution in [2.24, 2.45) is 17.8 Å². The van der Waals surface area contributed by atoms with Gasteiger partial charge in [0.2, 0.25) is 11.8 Å². The number of hydrogen-bond donors (Lipinski definition) is 1. The highest BCUT2D eigenvalue weighted by atomic mass is 16.4. The van der Waals surface area contributed by atoms with Crippen LogP contribution in [-0.4, -0.2) is 33.3 Å². The summed E-state index contributed by atoms with van der Waals surface area (Å²) < 4.78 is 0. The first-order valence-electron chi connectivity index (χ1n) is 8.12. The number of likely N-dealkylation sites (tertiary alicyclic amines) is 1. The zero-order valence-corrected chi connectivity index (χ0v) is 12.5. The first kappa shape index (κ1) is 14.5. The number of carbonyl (C=O) groups is 3. The highest BCUT2D eigenvalue weighted by molar-refractivity contribution is 6.09. The Morgan fingerprint density at radius 2 is 1.67 bits per heavy atom. The van der Waals surface area contributed by atoms with Gasteiger partial charge in [0.05, 0.1) is 11.8 Å². The van der Waals surface area contributed by atoms with Gasteiger partial charge in [0.15, 0.2) is 0 Å². The first-order chi connectivity index (χ1) is 10.0. The predicted molar refractivity (Wildman–Crippen MR) is 75.3 cm³/mol. The summed E-state index contributed by atoms with van der Waals surface area (Å²) in [5.41, 5.74) is -1.27. The molecule has 2 unspecified atom stereocenters. The van der Waals surface area contributed by atoms with Crippen molar-refractivity contribution < 1.29 is 19.5 Å². The Kier molecular flexibility index (Phi) is 3.54. The molecule has 1 saturated heterocycles. The summed E-state index contributed by atoms with van der Waals surface area (Å²) in [6.45, 7) is 2.11. The first-order valence-corrected chi connectivity index (χ1v) is 8.12. The summed E-state index contributed by atoms with van der Waals surface area (Å²) in [5, 5.41) is 9.76. The molecule has 21 heavy (non-hydrogen) atoms. The molecule has 0 aromatic rings. The number of carbonyl (C=O) groups excluding carboxylic acids is 2. The average molecular weight is 293 g/mol. The molecule has 1 heterocycles. The zero-order chi connectivity index (χ0) is 15.2. The van der Waals surface area contributed by atoms with Crippen molar-refractivity contribution in [1.82, 2.24) is 4.90 Å². The van der Waals surface area contributed by atoms with Crippen molar-refractivity contribution in [2.45, 2.75) is 63.8 Å². The van der Waals surface area contributed by atoms with Gasteiger partial charge in [0.1, 0.15) is 5.54 Å². The van der Waals surface area contributed by atoms with Crippen LogP contribution in [-0.2, 0) is 14.4 Å². The van der Waals surface area contributed by atoms with Crippen LogP contribution in [0.5, 0.6) is 0 Å². The van der Waals surface area contributed by atoms with Gasteiger partial charge < -0.3 is 5.11 Å². The highest BCUT2D eigenvalue weighted by Crippen LogP contribution is 2.47. The van der Waals surface area contributed by atoms with Gasteiger partial charge in [0.25, 0.3) is 0 Å². The van der Waals surface area contributed by atoms with Crippen molar-refractivity contribution in [3.8, 4) is 0 Å². The van der Waals surface area contributed by atoms with Gasteiger partial charge in [-0.15, -0.1) is 0 Å². The Morgan fingerprint density at radius 1 is 1.14 bits per heavy atom. The maximum atomic E-state index is 12.6. The van der Waals surface area contributed by atoms with Crippen LogP contribution >= 0.6 is 0 Å². The molecule has 2 saturated carbocycles. The minimum Gasteiger partial charge on any atom is -0.479 e. The fourth-order valence-corrected chi connectivity index (χ4v) is 4.51. The van der Waals surface area contributed by atoms with E-state index < -0.39 is 11.5 Å². The molecule has 0 bridgehead atoms. The molecule has 0 radical (unpaired) electrons. The van der Waals surface area contributed by atoms with Gasteiger partial charge in [-0.25, -0.2) is 4.79 Å². The van der Waals surface area contributed by atoms with E-state index in [0.717, 1.165) is 43.4 Å². The van der Waals surface area contributed by atoms with Gasteiger partial charge in [-0.3, -0.25) is 14.5 Å². The summed E-state index contributed by atoms with van der Waals surface area (Å²) >= 11 is 0. The van der Waals surface area contributed by atoms with E-state index >= 15 is 0 Å². The second kappa shape index (κ2) is 5.11. The SMILES string of the molecule is CCC1CCC(C(=O)O)(N2C(=O)C3CCCC3C2=O)CC1. The van der Waals surface area contributed by atoms with Crippen molar-refractivity contribution in [2.75, 3.05) is 0 Å². The van der Waals surface area contributed by atoms with E-state index in [4.69, 9.17) is 0 Å². The molecular formula is C16H23NO4. The van der Waals surface area contributed by atoms with Crippen LogP contribution in [0.1, 0.15) is 58.3 Å². The van der Waals surface area contributed by atoms with Crippen LogP contribution in [0.25, 0.3) is 0 Å². The summed E-state index contributed by atoms with van der Waals surface area (Å²) in [5.74, 6) is -1.43. The molecule has 5 nitrogen and oxygen atoms in total. The lowest BCUT2D eigenvalue weighted by Crippen LogP contribution is -2.59. The molecule has 3 fully saturated rings. The van der Waals surface area contributed by atoms with Gasteiger partial charge in [-0.05, 0) is 44.4 Å². The number of rotatable bonds is 3. The average Bonchev–Trinajstić information content (AvgIpc) is 3.04. The zero-order valence-electron chi connectivity index (χ0n) is 12.5. The lowest BCUT2D eigenvalue weighted by molar-refractivity contribution is -0.167. The smallest absolute Gasteiger partial charge is 0.330 e. The van der Waals surface area contributed by atoms with Gasteiger partial charge in [-0.1, -0.05) is 19.8 Å². The van der Waals surface area contributed by atoms with Crippen molar-refractivity contribution in [3.63, 3.8) is 0 Å². The molecule has 3 aliphatic rings. The van der Waals surface area contributed by atoms with E-state index in [1.165, 1.54) is 0 Å². The van der Waals surface area contributed by atoms with Crippen molar-refractivity contribution in [1.29, 1.82) is 0 Å². The topological polar surface area (TPSA) is 74.7 Å². The quantitative estimate of drug-likeness (QED) is 0.809. The molecule has 5 heteroatoms. The second-order valence-electron chi connectivity index (χ2n) is 6.84. The molecule has 0 spiro atoms. The number of imide groups is 1. The molecule has 1 N–H and O–H groups in total. The van der Waals surface area contributed by atoms with E-state index in [2.05, 4.69) is 6.92 Å². The summed E-state index contributed by atoms with van der Waals surface area (Å²) in [6, 6.07) is 0. The molecule has 1 aliphatic heterocycles. The molecule has 2 amide bonds. The van der Waals surface area contributed by atoms with Crippen LogP contribution in [0.3, 0.4) is 0 Å². The number of aliphatic carboxylic acids is 1. The molecule has 2 aliphatic carbocycles. The monoisotopic (exact) mass is 293 g/mol. The van der Waals surface area contributed by atoms with Gasteiger partial charge >= 0.3 is 5.97 Å². The van der Waals surface area contributed by atoms with Crippen molar-refractivity contribution >= 4 is 17.8 Å². The molecule has 3 rings (SSSR count). The predicted octanol–water partition coefficient (Wildman–Crippen LogP) is 2.20. The maximum Gasteiger partial charge on any atom is 0.330 e. The largest absolute Gasteiger partial charge is 0.479 e. The summed E-state index contributed by atoms with van der Waals surface area (Å²) in [7, 11) is 0. The van der Waals surface area contributed by atoms with E-state index in [1.54, 1.807) is 0 Å². The third-order valence-electron chi connectivity index (χ3n) is 5.93. The third-order valence-corrected chi connectivity index (χ3v) is 5.93. The minimum absolute atomic E-state index is 0.222. The fraction of sp³-hybridized carbons (Fsp3) is 0.812. The Hall–Kier alpha value is -1.39. The lowest BCUT2D eigenvalue weighted by atomic mass is 9.74. The normalized spacial score (nSPS) is 39.7. The number of nitrogens with zero attached hydrogens (tertiary/aromatic N) is 1. The number of fused-ring (bicyclic) bond motifs is 1. The van der Waals surface area contributed by atoms with E-state index in [9.17, 15) is 19.5 Å². The molecule has 2 atom stereocenters. The number of carboxylic acids is 1. The van der Waals surface area contributed by atoms with Crippen LogP contribution in [0.15, 0.2) is 0 Å². The summed E-state index contributed by atoms with van der Waals surface area (Å²) in [6.07, 6.45) is 5.80. The number of amides is 2. The van der Waals surface area contributed by atoms with Crippen LogP contribution < -0.4 is 0 Å². The highest BCUT2D eigenvalue weighted by Gasteiger charge is 2.60.